The van der Waals surface area contributed by atoms with E-state index in [9.17, 15) is 4.79 Å². The molecule has 1 unspecified atom stereocenters. The number of rotatable bonds is 21. The van der Waals surface area contributed by atoms with Crippen molar-refractivity contribution in [1.82, 2.24) is 0 Å². The number of esters is 1. The average Bonchev–Trinajstić information content (AvgIpc) is 3.06. The highest BCUT2D eigenvalue weighted by atomic mass is 31.2. The van der Waals surface area contributed by atoms with Crippen LogP contribution in [0.1, 0.15) is 147 Å². The van der Waals surface area contributed by atoms with Crippen LogP contribution in [0.3, 0.4) is 0 Å². The summed E-state index contributed by atoms with van der Waals surface area (Å²) >= 11 is 0. The van der Waals surface area contributed by atoms with E-state index in [0.29, 0.717) is 6.61 Å². The van der Waals surface area contributed by atoms with E-state index in [4.69, 9.17) is 13.8 Å². The van der Waals surface area contributed by atoms with Crippen molar-refractivity contribution in [3.8, 4) is 22.6 Å². The second-order valence-corrected chi connectivity index (χ2v) is 16.1. The highest BCUT2D eigenvalue weighted by Gasteiger charge is 2.32. The molecule has 4 rings (SSSR count). The Morgan fingerprint density at radius 3 is 1.85 bits per heavy atom. The first-order valence-electron chi connectivity index (χ1n) is 18.9. The monoisotopic (exact) mass is 672 g/mol. The average molecular weight is 673 g/mol. The van der Waals surface area contributed by atoms with Crippen LogP contribution in [0.2, 0.25) is 0 Å². The summed E-state index contributed by atoms with van der Waals surface area (Å²) in [6.07, 6.45) is 21.6. The minimum absolute atomic E-state index is 0.158. The summed E-state index contributed by atoms with van der Waals surface area (Å²) in [7, 11) is -1.37. The number of fused-ring (bicyclic) bond motifs is 3. The molecule has 1 aliphatic heterocycles. The molecule has 0 N–H and O–H groups in total. The van der Waals surface area contributed by atoms with Gasteiger partial charge in [-0.25, -0.2) is 0 Å². The maximum absolute atomic E-state index is 12.8. The molecule has 3 aromatic carbocycles. The molecule has 0 aromatic heterocycles. The molecule has 3 aromatic rings. The number of carbonyl (C=O) groups excluding carboxylic acids is 1. The zero-order valence-corrected chi connectivity index (χ0v) is 31.5. The molecule has 5 heteroatoms. The number of hydrogen-bond acceptors (Lipinski definition) is 4. The van der Waals surface area contributed by atoms with E-state index < -0.39 is 8.38 Å². The van der Waals surface area contributed by atoms with E-state index in [-0.39, 0.29) is 17.8 Å². The lowest BCUT2D eigenvalue weighted by atomic mass is 9.84. The van der Waals surface area contributed by atoms with Crippen LogP contribution >= 0.6 is 8.38 Å². The Kier molecular flexibility index (Phi) is 15.8. The van der Waals surface area contributed by atoms with Gasteiger partial charge >= 0.3 is 14.3 Å². The van der Waals surface area contributed by atoms with Crippen LogP contribution in [0.15, 0.2) is 60.7 Å². The number of carbonyl (C=O) groups is 1. The second-order valence-electron chi connectivity index (χ2n) is 14.7. The van der Waals surface area contributed by atoms with Crippen molar-refractivity contribution in [2.24, 2.45) is 0 Å². The predicted octanol–water partition coefficient (Wildman–Crippen LogP) is 12.7. The van der Waals surface area contributed by atoms with Crippen LogP contribution in [-0.2, 0) is 21.4 Å². The summed E-state index contributed by atoms with van der Waals surface area (Å²) in [5.74, 6) is 1.53. The van der Waals surface area contributed by atoms with Gasteiger partial charge in [-0.05, 0) is 47.6 Å². The molecule has 1 atom stereocenters. The van der Waals surface area contributed by atoms with Crippen LogP contribution in [0, 0.1) is 6.92 Å². The van der Waals surface area contributed by atoms with Gasteiger partial charge in [-0.2, -0.15) is 0 Å². The smallest absolute Gasteiger partial charge is 0.326 e. The first-order valence-corrected chi connectivity index (χ1v) is 20.1. The van der Waals surface area contributed by atoms with Gasteiger partial charge < -0.3 is 13.8 Å². The highest BCUT2D eigenvalue weighted by molar-refractivity contribution is 7.57. The largest absolute Gasteiger partial charge is 0.465 e. The normalized spacial score (nSPS) is 13.8. The molecule has 0 radical (unpaired) electrons. The van der Waals surface area contributed by atoms with Gasteiger partial charge in [0.15, 0.2) is 0 Å². The summed E-state index contributed by atoms with van der Waals surface area (Å²) < 4.78 is 18.9. The molecule has 1 heterocycles. The van der Waals surface area contributed by atoms with Crippen molar-refractivity contribution < 1.29 is 18.6 Å². The highest BCUT2D eigenvalue weighted by Crippen LogP contribution is 2.51. The van der Waals surface area contributed by atoms with E-state index in [1.807, 2.05) is 24.3 Å². The fourth-order valence-corrected chi connectivity index (χ4v) is 8.18. The molecule has 0 spiro atoms. The minimum Gasteiger partial charge on any atom is -0.465 e. The van der Waals surface area contributed by atoms with Crippen LogP contribution in [0.25, 0.3) is 11.1 Å². The number of ether oxygens (including phenoxy) is 1. The van der Waals surface area contributed by atoms with Gasteiger partial charge in [0, 0.05) is 11.1 Å². The van der Waals surface area contributed by atoms with Crippen LogP contribution in [-0.4, -0.2) is 12.6 Å². The van der Waals surface area contributed by atoms with Gasteiger partial charge in [-0.15, -0.1) is 0 Å². The molecule has 4 nitrogen and oxygen atoms in total. The Morgan fingerprint density at radius 2 is 1.25 bits per heavy atom. The van der Waals surface area contributed by atoms with Gasteiger partial charge in [0.25, 0.3) is 0 Å². The lowest BCUT2D eigenvalue weighted by Gasteiger charge is -2.31. The molecule has 1 aliphatic rings. The number of hydrogen-bond donors (Lipinski definition) is 0. The van der Waals surface area contributed by atoms with Gasteiger partial charge in [-0.1, -0.05) is 173 Å². The maximum atomic E-state index is 12.8. The maximum Gasteiger partial charge on any atom is 0.326 e. The van der Waals surface area contributed by atoms with Crippen molar-refractivity contribution in [3.63, 3.8) is 0 Å². The Morgan fingerprint density at radius 1 is 0.708 bits per heavy atom. The molecule has 0 bridgehead atoms. The first kappa shape index (κ1) is 38.0. The zero-order chi connectivity index (χ0) is 34.2. The predicted molar refractivity (Wildman–Crippen MR) is 204 cm³/mol. The Balaban J connectivity index is 1.17. The van der Waals surface area contributed by atoms with E-state index >= 15 is 0 Å². The summed E-state index contributed by atoms with van der Waals surface area (Å²) in [6, 6.07) is 20.7. The fourth-order valence-electron chi connectivity index (χ4n) is 6.60. The van der Waals surface area contributed by atoms with Crippen molar-refractivity contribution in [3.05, 3.63) is 77.4 Å². The fraction of sp³-hybridized carbons (Fsp3) is 0.558. The lowest BCUT2D eigenvalue weighted by Crippen LogP contribution is -2.20. The van der Waals surface area contributed by atoms with Crippen molar-refractivity contribution in [1.29, 1.82) is 0 Å². The molecule has 0 fully saturated rings. The zero-order valence-electron chi connectivity index (χ0n) is 30.6. The van der Waals surface area contributed by atoms with E-state index in [1.165, 1.54) is 89.9 Å². The van der Waals surface area contributed by atoms with Crippen molar-refractivity contribution in [2.45, 2.75) is 149 Å². The molecule has 0 saturated carbocycles. The van der Waals surface area contributed by atoms with Crippen LogP contribution < -0.4 is 14.4 Å². The molecule has 0 saturated heterocycles. The summed E-state index contributed by atoms with van der Waals surface area (Å²) in [5.41, 5.74) is 5.11. The molecule has 262 valence electrons. The molecule has 0 amide bonds. The number of para-hydroxylation sites is 1. The number of benzene rings is 3. The topological polar surface area (TPSA) is 44.8 Å². The van der Waals surface area contributed by atoms with Gasteiger partial charge in [-0.3, -0.25) is 4.79 Å². The van der Waals surface area contributed by atoms with E-state index in [0.717, 1.165) is 57.5 Å². The summed E-state index contributed by atoms with van der Waals surface area (Å²) in [6.45, 7) is 11.4. The second kappa shape index (κ2) is 20.0. The molecular weight excluding hydrogens is 611 g/mol. The number of aryl methyl sites for hydroxylation is 1. The Labute approximate surface area is 293 Å². The van der Waals surface area contributed by atoms with Gasteiger partial charge in [0.2, 0.25) is 0 Å². The van der Waals surface area contributed by atoms with E-state index in [1.54, 1.807) is 0 Å². The Hall–Kier alpha value is -2.84. The Bertz CT molecular complexity index is 1410. The summed E-state index contributed by atoms with van der Waals surface area (Å²) in [5, 5.41) is 1.08. The van der Waals surface area contributed by atoms with Gasteiger partial charge in [0.1, 0.15) is 11.5 Å². The first-order chi connectivity index (χ1) is 23.3. The SMILES string of the molecule is CCCCCCCCCCCCCCCCCCOC(=O)Cc1cc(C)c(OP2Oc3ccccc3-c3ccccc32)c(C(C)(C)C)c1. The lowest BCUT2D eigenvalue weighted by molar-refractivity contribution is -0.142. The van der Waals surface area contributed by atoms with E-state index in [2.05, 4.69) is 71.0 Å². The quantitative estimate of drug-likeness (QED) is 0.0642. The molecule has 0 aliphatic carbocycles. The number of unbranched alkanes of at least 4 members (excludes halogenated alkanes) is 15. The third-order valence-corrected chi connectivity index (χ3v) is 10.9. The molecular formula is C43H61O4P. The molecule has 48 heavy (non-hydrogen) atoms. The third kappa shape index (κ3) is 11.9. The van der Waals surface area contributed by atoms with Gasteiger partial charge in [0.05, 0.1) is 18.3 Å². The summed E-state index contributed by atoms with van der Waals surface area (Å²) in [4.78, 5) is 12.8. The van der Waals surface area contributed by atoms with Crippen LogP contribution in [0.4, 0.5) is 0 Å². The third-order valence-electron chi connectivity index (χ3n) is 9.39. The van der Waals surface area contributed by atoms with Crippen LogP contribution in [0.5, 0.6) is 11.5 Å². The van der Waals surface area contributed by atoms with Crippen molar-refractivity contribution in [2.75, 3.05) is 6.61 Å². The standard InChI is InChI=1S/C43H61O4P/c1-6-7-8-9-10-11-12-13-14-15-16-17-18-19-20-25-30-45-41(44)33-35-31-34(2)42(38(32-35)43(3,4)5)47-48-40-29-24-22-27-37(40)36-26-21-23-28-39(36)46-48/h21-24,26-29,31-32H,6-20,25,30,33H2,1-5H3. The van der Waals surface area contributed by atoms with Crippen molar-refractivity contribution >= 4 is 19.6 Å². The minimum atomic E-state index is -1.37.